The summed E-state index contributed by atoms with van der Waals surface area (Å²) in [5.41, 5.74) is 3.45. The molecule has 0 radical (unpaired) electrons. The highest BCUT2D eigenvalue weighted by molar-refractivity contribution is 5.55. The minimum atomic E-state index is 0.604. The normalized spacial score (nSPS) is 13.0. The number of rotatable bonds is 5. The summed E-state index contributed by atoms with van der Waals surface area (Å²) in [7, 11) is 1.71. The van der Waals surface area contributed by atoms with E-state index in [1.54, 1.807) is 7.11 Å². The van der Waals surface area contributed by atoms with Gasteiger partial charge in [-0.2, -0.15) is 0 Å². The summed E-state index contributed by atoms with van der Waals surface area (Å²) in [5.74, 6) is 1.61. The monoisotopic (exact) mass is 285 g/mol. The highest BCUT2D eigenvalue weighted by atomic mass is 16.6. The van der Waals surface area contributed by atoms with Crippen LogP contribution in [0.25, 0.3) is 0 Å². The van der Waals surface area contributed by atoms with Crippen molar-refractivity contribution in [3.8, 4) is 11.5 Å². The Morgan fingerprint density at radius 3 is 2.57 bits per heavy atom. The molecule has 0 saturated carbocycles. The lowest BCUT2D eigenvalue weighted by Crippen LogP contribution is -2.15. The maximum atomic E-state index is 5.59. The molecule has 0 saturated heterocycles. The molecule has 2 aromatic carbocycles. The summed E-state index contributed by atoms with van der Waals surface area (Å²) in [6.07, 6.45) is 0. The molecular weight excluding hydrogens is 266 g/mol. The quantitative estimate of drug-likeness (QED) is 0.915. The Bertz CT molecular complexity index is 613. The summed E-state index contributed by atoms with van der Waals surface area (Å²) in [6, 6.07) is 14.2. The van der Waals surface area contributed by atoms with Crippen molar-refractivity contribution in [2.24, 2.45) is 0 Å². The fourth-order valence-corrected chi connectivity index (χ4v) is 2.38. The van der Waals surface area contributed by atoms with Crippen LogP contribution in [0.3, 0.4) is 0 Å². The number of nitrogens with one attached hydrogen (secondary N) is 1. The van der Waals surface area contributed by atoms with E-state index in [0.717, 1.165) is 23.7 Å². The molecule has 0 spiro atoms. The zero-order valence-electron chi connectivity index (χ0n) is 12.1. The third-order valence-corrected chi connectivity index (χ3v) is 3.44. The molecule has 0 bridgehead atoms. The van der Waals surface area contributed by atoms with Crippen LogP contribution < -0.4 is 14.8 Å². The second-order valence-corrected chi connectivity index (χ2v) is 4.91. The van der Waals surface area contributed by atoms with E-state index < -0.39 is 0 Å². The van der Waals surface area contributed by atoms with Crippen LogP contribution in [0.1, 0.15) is 11.1 Å². The highest BCUT2D eigenvalue weighted by Gasteiger charge is 2.11. The lowest BCUT2D eigenvalue weighted by molar-refractivity contribution is 0.171. The molecule has 21 heavy (non-hydrogen) atoms. The van der Waals surface area contributed by atoms with Gasteiger partial charge in [0, 0.05) is 25.4 Å². The Labute approximate surface area is 124 Å². The van der Waals surface area contributed by atoms with Crippen molar-refractivity contribution >= 4 is 5.69 Å². The van der Waals surface area contributed by atoms with Gasteiger partial charge in [0.25, 0.3) is 0 Å². The van der Waals surface area contributed by atoms with Crippen LogP contribution >= 0.6 is 0 Å². The summed E-state index contributed by atoms with van der Waals surface area (Å²) < 4.78 is 16.3. The van der Waals surface area contributed by atoms with Gasteiger partial charge >= 0.3 is 0 Å². The Balaban J connectivity index is 1.70. The van der Waals surface area contributed by atoms with Crippen molar-refractivity contribution in [3.05, 3.63) is 53.6 Å². The van der Waals surface area contributed by atoms with E-state index in [2.05, 4.69) is 17.4 Å². The van der Waals surface area contributed by atoms with E-state index in [1.807, 2.05) is 30.3 Å². The second kappa shape index (κ2) is 6.50. The third-order valence-electron chi connectivity index (χ3n) is 3.44. The van der Waals surface area contributed by atoms with Crippen molar-refractivity contribution in [1.29, 1.82) is 0 Å². The van der Waals surface area contributed by atoms with Crippen LogP contribution in [0.4, 0.5) is 5.69 Å². The molecule has 1 N–H and O–H groups in total. The maximum Gasteiger partial charge on any atom is 0.163 e. The Hall–Kier alpha value is -2.20. The predicted molar refractivity (Wildman–Crippen MR) is 81.9 cm³/mol. The number of fused-ring (bicyclic) bond motifs is 1. The van der Waals surface area contributed by atoms with Gasteiger partial charge in [0.2, 0.25) is 0 Å². The molecule has 4 heteroatoms. The van der Waals surface area contributed by atoms with E-state index in [9.17, 15) is 0 Å². The van der Waals surface area contributed by atoms with Crippen LogP contribution in [0.15, 0.2) is 42.5 Å². The molecule has 0 aliphatic carbocycles. The van der Waals surface area contributed by atoms with Crippen LogP contribution in [0, 0.1) is 0 Å². The zero-order valence-corrected chi connectivity index (χ0v) is 12.1. The van der Waals surface area contributed by atoms with Crippen molar-refractivity contribution in [3.63, 3.8) is 0 Å². The van der Waals surface area contributed by atoms with Gasteiger partial charge in [0.15, 0.2) is 11.5 Å². The molecule has 1 heterocycles. The lowest BCUT2D eigenvalue weighted by atomic mass is 10.1. The Kier molecular flexibility index (Phi) is 4.26. The number of methoxy groups -OCH3 is 1. The SMILES string of the molecule is COCc1ccccc1CNc1ccc2c(c1)OCCO2. The number of hydrogen-bond acceptors (Lipinski definition) is 4. The van der Waals surface area contributed by atoms with Crippen molar-refractivity contribution < 1.29 is 14.2 Å². The van der Waals surface area contributed by atoms with Gasteiger partial charge in [-0.1, -0.05) is 24.3 Å². The number of anilines is 1. The highest BCUT2D eigenvalue weighted by Crippen LogP contribution is 2.32. The lowest BCUT2D eigenvalue weighted by Gasteiger charge is -2.19. The first-order chi connectivity index (χ1) is 10.4. The third kappa shape index (κ3) is 3.28. The molecule has 0 aromatic heterocycles. The molecule has 0 atom stereocenters. The number of ether oxygens (including phenoxy) is 3. The molecule has 0 fully saturated rings. The van der Waals surface area contributed by atoms with Crippen LogP contribution in [-0.2, 0) is 17.9 Å². The van der Waals surface area contributed by atoms with E-state index >= 15 is 0 Å². The Morgan fingerprint density at radius 1 is 1.00 bits per heavy atom. The van der Waals surface area contributed by atoms with Gasteiger partial charge in [-0.25, -0.2) is 0 Å². The van der Waals surface area contributed by atoms with Crippen molar-refractivity contribution in [1.82, 2.24) is 0 Å². The van der Waals surface area contributed by atoms with Crippen LogP contribution in [-0.4, -0.2) is 20.3 Å². The van der Waals surface area contributed by atoms with E-state index in [4.69, 9.17) is 14.2 Å². The molecule has 0 amide bonds. The average molecular weight is 285 g/mol. The molecule has 110 valence electrons. The fourth-order valence-electron chi connectivity index (χ4n) is 2.38. The maximum absolute atomic E-state index is 5.59. The molecule has 1 aliphatic rings. The summed E-state index contributed by atoms with van der Waals surface area (Å²) in [6.45, 7) is 2.59. The number of hydrogen-bond donors (Lipinski definition) is 1. The minimum Gasteiger partial charge on any atom is -0.486 e. The Morgan fingerprint density at radius 2 is 1.76 bits per heavy atom. The van der Waals surface area contributed by atoms with Gasteiger partial charge in [0.1, 0.15) is 13.2 Å². The van der Waals surface area contributed by atoms with Crippen LogP contribution in [0.5, 0.6) is 11.5 Å². The van der Waals surface area contributed by atoms with E-state index in [0.29, 0.717) is 19.8 Å². The van der Waals surface area contributed by atoms with Crippen molar-refractivity contribution in [2.45, 2.75) is 13.2 Å². The molecule has 4 nitrogen and oxygen atoms in total. The molecule has 3 rings (SSSR count). The number of benzene rings is 2. The van der Waals surface area contributed by atoms with Gasteiger partial charge in [-0.05, 0) is 23.3 Å². The first kappa shape index (κ1) is 13.8. The summed E-state index contributed by atoms with van der Waals surface area (Å²) in [5, 5.41) is 3.42. The summed E-state index contributed by atoms with van der Waals surface area (Å²) in [4.78, 5) is 0. The fraction of sp³-hybridized carbons (Fsp3) is 0.294. The molecule has 0 unspecified atom stereocenters. The first-order valence-electron chi connectivity index (χ1n) is 7.06. The minimum absolute atomic E-state index is 0.604. The smallest absolute Gasteiger partial charge is 0.163 e. The van der Waals surface area contributed by atoms with Crippen molar-refractivity contribution in [2.75, 3.05) is 25.6 Å². The van der Waals surface area contributed by atoms with E-state index in [-0.39, 0.29) is 0 Å². The molecule has 2 aromatic rings. The topological polar surface area (TPSA) is 39.7 Å². The molecule has 1 aliphatic heterocycles. The average Bonchev–Trinajstić information content (AvgIpc) is 2.54. The summed E-state index contributed by atoms with van der Waals surface area (Å²) >= 11 is 0. The second-order valence-electron chi connectivity index (χ2n) is 4.91. The molecular formula is C17H19NO3. The van der Waals surface area contributed by atoms with Gasteiger partial charge < -0.3 is 19.5 Å². The van der Waals surface area contributed by atoms with E-state index in [1.165, 1.54) is 11.1 Å². The van der Waals surface area contributed by atoms with Crippen LogP contribution in [0.2, 0.25) is 0 Å². The van der Waals surface area contributed by atoms with Gasteiger partial charge in [-0.15, -0.1) is 0 Å². The standard InChI is InChI=1S/C17H19NO3/c1-19-12-14-5-3-2-4-13(14)11-18-15-6-7-16-17(10-15)21-9-8-20-16/h2-7,10,18H,8-9,11-12H2,1H3. The predicted octanol–water partition coefficient (Wildman–Crippen LogP) is 3.22. The largest absolute Gasteiger partial charge is 0.486 e. The first-order valence-corrected chi connectivity index (χ1v) is 7.06. The zero-order chi connectivity index (χ0) is 14.5. The van der Waals surface area contributed by atoms with Gasteiger partial charge in [0.05, 0.1) is 6.61 Å². The van der Waals surface area contributed by atoms with Gasteiger partial charge in [-0.3, -0.25) is 0 Å².